The van der Waals surface area contributed by atoms with Crippen molar-refractivity contribution in [2.75, 3.05) is 27.2 Å². The fraction of sp³-hybridized carbons (Fsp3) is 0.427. The van der Waals surface area contributed by atoms with E-state index in [4.69, 9.17) is 0 Å². The molecule has 8 heterocycles. The summed E-state index contributed by atoms with van der Waals surface area (Å²) in [5.41, 5.74) is 5.34. The van der Waals surface area contributed by atoms with Gasteiger partial charge in [0.15, 0.2) is 17.8 Å². The van der Waals surface area contributed by atoms with E-state index in [1.165, 1.54) is 16.8 Å². The molecule has 0 spiro atoms. The number of aromatic amines is 2. The van der Waals surface area contributed by atoms with Gasteiger partial charge in [0.2, 0.25) is 47.3 Å². The van der Waals surface area contributed by atoms with E-state index in [-0.39, 0.29) is 68.3 Å². The maximum Gasteiger partial charge on any atom is 0.307 e. The van der Waals surface area contributed by atoms with E-state index in [1.807, 2.05) is 147 Å². The van der Waals surface area contributed by atoms with Crippen molar-refractivity contribution in [3.63, 3.8) is 0 Å². The highest BCUT2D eigenvalue weighted by atomic mass is 16.3. The fourth-order valence-corrected chi connectivity index (χ4v) is 13.8. The predicted octanol–water partition coefficient (Wildman–Crippen LogP) is 4.88. The van der Waals surface area contributed by atoms with Crippen LogP contribution in [0.1, 0.15) is 103 Å². The minimum Gasteiger partial charge on any atom is -0.513 e. The summed E-state index contributed by atoms with van der Waals surface area (Å²) in [5.74, 6) is -8.39. The van der Waals surface area contributed by atoms with Crippen molar-refractivity contribution in [1.29, 1.82) is 0 Å². The largest absolute Gasteiger partial charge is 0.513 e. The zero-order valence-corrected chi connectivity index (χ0v) is 58.7. The third kappa shape index (κ3) is 19.3. The van der Waals surface area contributed by atoms with Crippen LogP contribution in [0.15, 0.2) is 153 Å². The summed E-state index contributed by atoms with van der Waals surface area (Å²) in [6.07, 6.45) is 17.5. The molecule has 0 aliphatic carbocycles. The summed E-state index contributed by atoms with van der Waals surface area (Å²) < 4.78 is 7.94. The second-order valence-corrected chi connectivity index (χ2v) is 27.2. The third-order valence-electron chi connectivity index (χ3n) is 18.9. The van der Waals surface area contributed by atoms with Crippen LogP contribution >= 0.6 is 0 Å². The number of Topliss-reactive ketones (excluding diaryl/α,β-unsaturated/α-hetero) is 2. The maximum atomic E-state index is 14.4. The number of fused-ring (bicyclic) bond motifs is 4. The van der Waals surface area contributed by atoms with Gasteiger partial charge in [0, 0.05) is 97.9 Å². The van der Waals surface area contributed by atoms with Crippen molar-refractivity contribution in [2.24, 2.45) is 23.7 Å². The van der Waals surface area contributed by atoms with E-state index < -0.39 is 120 Å². The van der Waals surface area contributed by atoms with Crippen LogP contribution in [0.25, 0.3) is 33.1 Å². The summed E-state index contributed by atoms with van der Waals surface area (Å²) in [6, 6.07) is 18.7. The lowest BCUT2D eigenvalue weighted by atomic mass is 9.88. The molecule has 0 radical (unpaired) electrons. The number of aromatic nitrogens is 7. The number of hydrogen-bond acceptors (Lipinski definition) is 13. The number of aryl methyl sites for hydroxylation is 2. The zero-order chi connectivity index (χ0) is 73.3. The normalized spacial score (nSPS) is 21.3. The fourth-order valence-electron chi connectivity index (χ4n) is 13.8. The van der Waals surface area contributed by atoms with Gasteiger partial charge in [-0.1, -0.05) is 88.4 Å². The molecule has 10 N–H and O–H groups in total. The van der Waals surface area contributed by atoms with Gasteiger partial charge in [0.25, 0.3) is 5.65 Å². The van der Waals surface area contributed by atoms with Crippen molar-refractivity contribution in [1.82, 2.24) is 65.7 Å². The van der Waals surface area contributed by atoms with Crippen LogP contribution < -0.4 is 41.0 Å². The van der Waals surface area contributed by atoms with Gasteiger partial charge in [-0.15, -0.1) is 4.52 Å². The number of aliphatic hydroxyl groups is 2. The molecule has 2 fully saturated rings. The number of carbonyl (C=O) groups excluding carboxylic acids is 10. The van der Waals surface area contributed by atoms with Gasteiger partial charge >= 0.3 is 5.65 Å². The molecule has 27 heteroatoms. The first-order valence-corrected chi connectivity index (χ1v) is 34.8. The van der Waals surface area contributed by atoms with E-state index >= 15 is 0 Å². The Morgan fingerprint density at radius 2 is 0.971 bits per heavy atom. The number of imidazole rings is 2. The average Bonchev–Trinajstić information content (AvgIpc) is 1.65. The lowest BCUT2D eigenvalue weighted by Crippen LogP contribution is -2.57. The van der Waals surface area contributed by atoms with Crippen LogP contribution in [0, 0.1) is 23.7 Å². The molecule has 6 aromatic heterocycles. The van der Waals surface area contributed by atoms with E-state index in [0.29, 0.717) is 38.8 Å². The third-order valence-corrected chi connectivity index (χ3v) is 18.9. The van der Waals surface area contributed by atoms with Gasteiger partial charge in [-0.05, 0) is 98.6 Å². The van der Waals surface area contributed by atoms with Gasteiger partial charge in [-0.3, -0.25) is 47.9 Å². The van der Waals surface area contributed by atoms with E-state index in [9.17, 15) is 58.2 Å². The lowest BCUT2D eigenvalue weighted by molar-refractivity contribution is -0.671. The minimum absolute atomic E-state index is 0.181. The number of nitrogens with zero attached hydrogens (tertiary/aromatic N) is 7. The summed E-state index contributed by atoms with van der Waals surface area (Å²) in [7, 11) is 3.08. The molecule has 0 saturated carbocycles. The Balaban J connectivity index is 0.000000237. The molecule has 540 valence electrons. The van der Waals surface area contributed by atoms with E-state index in [0.717, 1.165) is 50.6 Å². The molecule has 27 nitrogen and oxygen atoms in total. The Morgan fingerprint density at radius 3 is 1.44 bits per heavy atom. The maximum absolute atomic E-state index is 14.4. The highest BCUT2D eigenvalue weighted by Crippen LogP contribution is 2.29. The number of carbonyl (C=O) groups is 10. The Morgan fingerprint density at radius 1 is 0.529 bits per heavy atom. The molecule has 8 aromatic rings. The average molecular weight is 1400 g/mol. The Bertz CT molecular complexity index is 4100. The second-order valence-electron chi connectivity index (χ2n) is 27.2. The number of H-pyrrole nitrogens is 2. The number of unbranched alkanes of at least 4 members (excludes halogenated alkanes) is 2. The second kappa shape index (κ2) is 34.9. The number of para-hydroxylation sites is 2. The van der Waals surface area contributed by atoms with Crippen molar-refractivity contribution in [3.05, 3.63) is 164 Å². The van der Waals surface area contributed by atoms with Crippen molar-refractivity contribution in [2.45, 2.75) is 154 Å². The Labute approximate surface area is 591 Å². The number of aliphatic hydroxyl groups excluding tert-OH is 2. The summed E-state index contributed by atoms with van der Waals surface area (Å²) in [4.78, 5) is 146. The van der Waals surface area contributed by atoms with Crippen LogP contribution in [-0.4, -0.2) is 166 Å². The first-order valence-electron chi connectivity index (χ1n) is 34.8. The van der Waals surface area contributed by atoms with Gasteiger partial charge in [-0.25, -0.2) is 13.5 Å². The van der Waals surface area contributed by atoms with Crippen molar-refractivity contribution < 1.29 is 67.3 Å². The summed E-state index contributed by atoms with van der Waals surface area (Å²) >= 11 is 0. The standard InChI is InChI=1S/C38H47N7O6.C37H46N8O6/c1-24(2)35-37(50)42-30(13-7-9-15-44-17-18-45-16-10-8-14-34(44)45)36(49)40-23-33(48)41-31(19-25(3)46)32(47)21-26(38(51)43(35)4)20-27-22-39-29-12-6-5-11-28(27)29;1-23(2)34-36(50)42-29(12-7-8-15-44-16-17-45-33(44)13-9-14-40-45)35(49)39-22-32(48)41-30(18-24(3)46)31(47)20-25(37(51)43(34)4)19-26-21-38-28-11-6-5-10-27(26)28/h5-6,8,10-12,14,16-18,22,24,26,30-31,35,39H,3,7,9,13,15,19-21,23H2,1-2,4H3,(H3-,40,41,42,46,48,49,50);5-6,9-11,13-14,16-17,21,23,25,29-30,34,38H,3,7-8,12,15,18-20,22H2,1-2,4H3,(H3-,39,41,42,46,48,49,50)/p+2. The molecule has 2 saturated heterocycles. The number of benzene rings is 2. The number of ketones is 2. The Hall–Kier alpha value is -11.0. The summed E-state index contributed by atoms with van der Waals surface area (Å²) in [5, 5.41) is 42.3. The van der Waals surface area contributed by atoms with Crippen LogP contribution in [0.3, 0.4) is 0 Å². The van der Waals surface area contributed by atoms with E-state index in [2.05, 4.69) is 64.7 Å². The molecular formula is C75H95N15O12+2. The Kier molecular flexibility index (Phi) is 25.7. The quantitative estimate of drug-likeness (QED) is 0.0277. The highest BCUT2D eigenvalue weighted by molar-refractivity contribution is 5.99. The topological polar surface area (TPSA) is 351 Å². The van der Waals surface area contributed by atoms with E-state index in [1.54, 1.807) is 30.2 Å². The molecule has 0 bridgehead atoms. The number of likely N-dealkylation sites (N-methyl/N-ethyl adjacent to an activating group) is 2. The number of amides is 8. The van der Waals surface area contributed by atoms with Crippen molar-refractivity contribution in [3.8, 4) is 0 Å². The molecule has 8 amide bonds. The monoisotopic (exact) mass is 1400 g/mol. The van der Waals surface area contributed by atoms with Crippen LogP contribution in [-0.2, 0) is 73.9 Å². The molecule has 2 aromatic carbocycles. The molecule has 102 heavy (non-hydrogen) atoms. The van der Waals surface area contributed by atoms with Crippen LogP contribution in [0.2, 0.25) is 0 Å². The molecule has 2 aliphatic heterocycles. The first kappa shape index (κ1) is 75.2. The summed E-state index contributed by atoms with van der Waals surface area (Å²) in [6.45, 7) is 14.7. The highest BCUT2D eigenvalue weighted by Gasteiger charge is 2.40. The van der Waals surface area contributed by atoms with Gasteiger partial charge in [0.05, 0.1) is 62.2 Å². The smallest absolute Gasteiger partial charge is 0.307 e. The first-order chi connectivity index (χ1) is 48.8. The number of nitrogens with one attached hydrogen (secondary N) is 8. The predicted molar refractivity (Wildman–Crippen MR) is 380 cm³/mol. The van der Waals surface area contributed by atoms with Gasteiger partial charge < -0.3 is 61.9 Å². The van der Waals surface area contributed by atoms with Gasteiger partial charge in [0.1, 0.15) is 42.8 Å². The van der Waals surface area contributed by atoms with Crippen molar-refractivity contribution >= 4 is 91.9 Å². The number of pyridine rings is 1. The molecule has 8 atom stereocenters. The molecule has 2 aliphatic rings. The molecular weight excluding hydrogens is 1300 g/mol. The zero-order valence-electron chi connectivity index (χ0n) is 58.7. The van der Waals surface area contributed by atoms with Crippen LogP contribution in [0.4, 0.5) is 0 Å². The number of rotatable bonds is 20. The SMILES string of the molecule is C=C(O)CC1NC(=O)CNC(=O)C(CCCC[n+]2ccn3ccccc32)NC(=O)C(C(C)C)N(C)C(=O)C(Cc2c[nH]c3ccccc23)CC1=O.C=C(O)CC1NC(=O)CNC(=O)C(CCCC[n+]2ccn3ncccc32)NC(=O)C(C(C)C)N(C)C(=O)C(Cc2c[nH]c3ccccc23)CC1=O. The lowest BCUT2D eigenvalue weighted by Gasteiger charge is -2.34. The van der Waals surface area contributed by atoms with Crippen LogP contribution in [0.5, 0.6) is 0 Å². The van der Waals surface area contributed by atoms with Gasteiger partial charge in [-0.2, -0.15) is 0 Å². The minimum atomic E-state index is -1.19. The molecule has 8 unspecified atom stereocenters. The molecule has 10 rings (SSSR count). The number of hydrogen-bond donors (Lipinski definition) is 10.